The van der Waals surface area contributed by atoms with Crippen LogP contribution >= 0.6 is 0 Å². The number of rotatable bonds is 5. The average Bonchev–Trinajstić information content (AvgIpc) is 3.24. The van der Waals surface area contributed by atoms with Crippen molar-refractivity contribution in [1.82, 2.24) is 20.1 Å². The summed E-state index contributed by atoms with van der Waals surface area (Å²) in [5.41, 5.74) is 2.29. The maximum absolute atomic E-state index is 6.37. The van der Waals surface area contributed by atoms with Crippen molar-refractivity contribution in [3.05, 3.63) is 35.9 Å². The molecule has 2 unspecified atom stereocenters. The molecule has 8 heteroatoms. The standard InChI is InChI=1S/C23H34N6O2/c1-27-9-3-4-18(17-27)7-13-31-22-20-6-10-29(19-5-2-8-24-16-19)21(20)25-23(26-22)28-11-14-30-15-12-28/h2,5,8,16,18,23,25H,3-4,6-7,9-15,17H2,1H3. The van der Waals surface area contributed by atoms with Gasteiger partial charge < -0.3 is 24.6 Å². The number of piperidine rings is 1. The van der Waals surface area contributed by atoms with Gasteiger partial charge in [0.25, 0.3) is 0 Å². The van der Waals surface area contributed by atoms with Gasteiger partial charge in [-0.25, -0.2) is 4.99 Å². The summed E-state index contributed by atoms with van der Waals surface area (Å²) in [6.45, 7) is 7.28. The molecule has 0 amide bonds. The van der Waals surface area contributed by atoms with Gasteiger partial charge >= 0.3 is 0 Å². The van der Waals surface area contributed by atoms with E-state index in [1.807, 2.05) is 18.5 Å². The Kier molecular flexibility index (Phi) is 6.38. The first-order valence-corrected chi connectivity index (χ1v) is 11.7. The summed E-state index contributed by atoms with van der Waals surface area (Å²) in [5.74, 6) is 2.66. The molecular weight excluding hydrogens is 392 g/mol. The van der Waals surface area contributed by atoms with Crippen LogP contribution in [0.15, 0.2) is 40.9 Å². The number of aliphatic imine (C=N–C) groups is 1. The topological polar surface area (TPSA) is 65.5 Å². The van der Waals surface area contributed by atoms with Crippen molar-refractivity contribution in [3.63, 3.8) is 0 Å². The highest BCUT2D eigenvalue weighted by Crippen LogP contribution is 2.31. The summed E-state index contributed by atoms with van der Waals surface area (Å²) in [4.78, 5) is 16.4. The van der Waals surface area contributed by atoms with Crippen LogP contribution in [0.4, 0.5) is 5.69 Å². The molecule has 4 aliphatic heterocycles. The Bertz CT molecular complexity index is 808. The molecule has 2 saturated heterocycles. The first-order chi connectivity index (χ1) is 15.3. The molecule has 31 heavy (non-hydrogen) atoms. The fourth-order valence-electron chi connectivity index (χ4n) is 5.06. The molecule has 1 aromatic rings. The lowest BCUT2D eigenvalue weighted by Crippen LogP contribution is -2.53. The summed E-state index contributed by atoms with van der Waals surface area (Å²) in [6.07, 6.45) is 8.25. The Morgan fingerprint density at radius 3 is 2.94 bits per heavy atom. The second kappa shape index (κ2) is 9.54. The molecule has 2 atom stereocenters. The molecule has 0 bridgehead atoms. The molecular formula is C23H34N6O2. The van der Waals surface area contributed by atoms with Crippen molar-refractivity contribution in [2.45, 2.75) is 32.0 Å². The van der Waals surface area contributed by atoms with E-state index < -0.39 is 0 Å². The van der Waals surface area contributed by atoms with E-state index in [-0.39, 0.29) is 6.29 Å². The van der Waals surface area contributed by atoms with Gasteiger partial charge in [-0.2, -0.15) is 0 Å². The van der Waals surface area contributed by atoms with E-state index in [0.29, 0.717) is 0 Å². The normalized spacial score (nSPS) is 27.6. The fraction of sp³-hybridized carbons (Fsp3) is 0.652. The number of likely N-dealkylation sites (tertiary alicyclic amines) is 1. The van der Waals surface area contributed by atoms with Crippen molar-refractivity contribution < 1.29 is 9.47 Å². The van der Waals surface area contributed by atoms with E-state index in [4.69, 9.17) is 14.5 Å². The third-order valence-electron chi connectivity index (χ3n) is 6.74. The molecule has 0 aliphatic carbocycles. The smallest absolute Gasteiger partial charge is 0.218 e. The van der Waals surface area contributed by atoms with Crippen LogP contribution in [0.3, 0.4) is 0 Å². The molecule has 0 radical (unpaired) electrons. The number of ether oxygens (including phenoxy) is 2. The quantitative estimate of drug-likeness (QED) is 0.771. The monoisotopic (exact) mass is 426 g/mol. The van der Waals surface area contributed by atoms with Gasteiger partial charge in [0.15, 0.2) is 6.29 Å². The number of morpholine rings is 1. The van der Waals surface area contributed by atoms with Crippen LogP contribution in [-0.4, -0.2) is 86.6 Å². The van der Waals surface area contributed by atoms with Gasteiger partial charge in [0.05, 0.1) is 37.3 Å². The molecule has 5 rings (SSSR count). The zero-order chi connectivity index (χ0) is 21.0. The number of hydrogen-bond acceptors (Lipinski definition) is 8. The van der Waals surface area contributed by atoms with Crippen molar-refractivity contribution in [2.75, 3.05) is 64.5 Å². The molecule has 4 aliphatic rings. The predicted molar refractivity (Wildman–Crippen MR) is 121 cm³/mol. The van der Waals surface area contributed by atoms with Crippen molar-refractivity contribution in [3.8, 4) is 0 Å². The van der Waals surface area contributed by atoms with Crippen LogP contribution in [0.2, 0.25) is 0 Å². The van der Waals surface area contributed by atoms with Gasteiger partial charge in [0.2, 0.25) is 5.90 Å². The number of pyridine rings is 1. The number of anilines is 1. The predicted octanol–water partition coefficient (Wildman–Crippen LogP) is 1.87. The van der Waals surface area contributed by atoms with Crippen LogP contribution in [0, 0.1) is 5.92 Å². The Labute approximate surface area is 184 Å². The summed E-state index contributed by atoms with van der Waals surface area (Å²) < 4.78 is 11.9. The maximum atomic E-state index is 6.37. The third kappa shape index (κ3) is 4.71. The zero-order valence-corrected chi connectivity index (χ0v) is 18.5. The van der Waals surface area contributed by atoms with Gasteiger partial charge in [0.1, 0.15) is 5.82 Å². The highest BCUT2D eigenvalue weighted by Gasteiger charge is 2.35. The highest BCUT2D eigenvalue weighted by molar-refractivity contribution is 5.96. The van der Waals surface area contributed by atoms with Crippen molar-refractivity contribution in [1.29, 1.82) is 0 Å². The van der Waals surface area contributed by atoms with Gasteiger partial charge in [-0.05, 0) is 57.3 Å². The zero-order valence-electron chi connectivity index (χ0n) is 18.5. The number of hydrogen-bond donors (Lipinski definition) is 1. The minimum Gasteiger partial charge on any atom is -0.478 e. The van der Waals surface area contributed by atoms with Gasteiger partial charge in [-0.1, -0.05) is 0 Å². The molecule has 1 aromatic heterocycles. The van der Waals surface area contributed by atoms with Crippen LogP contribution in [0.1, 0.15) is 25.7 Å². The lowest BCUT2D eigenvalue weighted by molar-refractivity contribution is 0.0119. The summed E-state index contributed by atoms with van der Waals surface area (Å²) in [6, 6.07) is 4.10. The lowest BCUT2D eigenvalue weighted by atomic mass is 9.96. The summed E-state index contributed by atoms with van der Waals surface area (Å²) in [5, 5.41) is 3.68. The van der Waals surface area contributed by atoms with E-state index in [2.05, 4.69) is 38.1 Å². The molecule has 2 fully saturated rings. The summed E-state index contributed by atoms with van der Waals surface area (Å²) in [7, 11) is 2.22. The second-order valence-electron chi connectivity index (χ2n) is 8.95. The minimum atomic E-state index is -0.115. The number of nitrogens with one attached hydrogen (secondary N) is 1. The van der Waals surface area contributed by atoms with Gasteiger partial charge in [0, 0.05) is 32.4 Å². The molecule has 0 spiro atoms. The third-order valence-corrected chi connectivity index (χ3v) is 6.74. The van der Waals surface area contributed by atoms with E-state index in [9.17, 15) is 0 Å². The second-order valence-corrected chi connectivity index (χ2v) is 8.95. The molecule has 8 nitrogen and oxygen atoms in total. The van der Waals surface area contributed by atoms with Crippen molar-refractivity contribution in [2.24, 2.45) is 10.9 Å². The number of aromatic nitrogens is 1. The largest absolute Gasteiger partial charge is 0.478 e. The lowest BCUT2D eigenvalue weighted by Gasteiger charge is -2.37. The molecule has 0 saturated carbocycles. The Balaban J connectivity index is 1.32. The fourth-order valence-corrected chi connectivity index (χ4v) is 5.06. The first-order valence-electron chi connectivity index (χ1n) is 11.7. The average molecular weight is 427 g/mol. The summed E-state index contributed by atoms with van der Waals surface area (Å²) >= 11 is 0. The van der Waals surface area contributed by atoms with Crippen LogP contribution in [0.5, 0.6) is 0 Å². The van der Waals surface area contributed by atoms with E-state index in [0.717, 1.165) is 75.6 Å². The van der Waals surface area contributed by atoms with Crippen LogP contribution < -0.4 is 10.2 Å². The van der Waals surface area contributed by atoms with E-state index in [1.165, 1.54) is 31.5 Å². The molecule has 1 N–H and O–H groups in total. The van der Waals surface area contributed by atoms with E-state index >= 15 is 0 Å². The molecule has 5 heterocycles. The van der Waals surface area contributed by atoms with Crippen molar-refractivity contribution >= 4 is 11.6 Å². The minimum absolute atomic E-state index is 0.115. The Hall–Kier alpha value is -2.16. The van der Waals surface area contributed by atoms with E-state index in [1.54, 1.807) is 0 Å². The highest BCUT2D eigenvalue weighted by atomic mass is 16.5. The molecule has 168 valence electrons. The van der Waals surface area contributed by atoms with Gasteiger partial charge in [-0.3, -0.25) is 9.88 Å². The first kappa shape index (κ1) is 20.7. The molecule has 0 aromatic carbocycles. The Morgan fingerprint density at radius 2 is 2.13 bits per heavy atom. The van der Waals surface area contributed by atoms with Crippen LogP contribution in [0.25, 0.3) is 0 Å². The Morgan fingerprint density at radius 1 is 1.23 bits per heavy atom. The SMILES string of the molecule is CN1CCCC(CCOC2=NC(N3CCOCC3)NC3=C2CCN3c2cccnc2)C1. The maximum Gasteiger partial charge on any atom is 0.218 e. The van der Waals surface area contributed by atoms with Crippen LogP contribution in [-0.2, 0) is 9.47 Å². The number of nitrogens with zero attached hydrogens (tertiary/aromatic N) is 5. The van der Waals surface area contributed by atoms with Gasteiger partial charge in [-0.15, -0.1) is 0 Å².